The lowest BCUT2D eigenvalue weighted by Crippen LogP contribution is -2.57. The van der Waals surface area contributed by atoms with Gasteiger partial charge >= 0.3 is 0 Å². The second-order valence-corrected chi connectivity index (χ2v) is 13.2. The van der Waals surface area contributed by atoms with E-state index in [0.29, 0.717) is 44.2 Å². The molecule has 0 fully saturated rings. The Kier molecular flexibility index (Phi) is 24.6. The van der Waals surface area contributed by atoms with Gasteiger partial charge in [0, 0.05) is 19.4 Å². The van der Waals surface area contributed by atoms with Gasteiger partial charge in [-0.05, 0) is 62.8 Å². The topological polar surface area (TPSA) is 241 Å². The smallest absolute Gasteiger partial charge is 0.243 e. The van der Waals surface area contributed by atoms with Crippen LogP contribution in [0.4, 0.5) is 0 Å². The molecule has 4 amide bonds. The minimum Gasteiger partial charge on any atom is -0.508 e. The molecule has 0 aliphatic heterocycles. The minimum atomic E-state index is -1.10. The zero-order valence-electron chi connectivity index (χ0n) is 30.4. The van der Waals surface area contributed by atoms with Crippen LogP contribution in [0, 0.1) is 0 Å². The van der Waals surface area contributed by atoms with Gasteiger partial charge in [-0.2, -0.15) is 0 Å². The summed E-state index contributed by atoms with van der Waals surface area (Å²) in [5.41, 5.74) is 22.6. The summed E-state index contributed by atoms with van der Waals surface area (Å²) in [5, 5.41) is 18.0. The molecule has 0 spiro atoms. The number of hydrogen-bond donors (Lipinski definition) is 8. The van der Waals surface area contributed by atoms with E-state index in [1.807, 2.05) is 0 Å². The maximum atomic E-state index is 13.6. The minimum absolute atomic E-state index is 0.0551. The fourth-order valence-corrected chi connectivity index (χ4v) is 5.74. The standard InChI is InChI=1S/C37H66N8O5/c1-2-3-4-5-6-7-8-9-10-11-12-13-14-20-33(47)43-31(18-15-16-25-38)35(49)45-32(27-28-21-23-29(46)24-22-28)36(50)44-30(34(39)48)19-17-26-42-37(40)41/h21-24,30-32,46H,2-20,25-27,38H2,1H3,(H2,39,48)(H,43,47)(H,44,50)(H,45,49)(H4,40,41,42)/t30-,31-,32-/m0/s1. The number of phenolic OH excluding ortho intramolecular Hbond substituents is 1. The monoisotopic (exact) mass is 703 g/mol. The lowest BCUT2D eigenvalue weighted by Gasteiger charge is -2.25. The van der Waals surface area contributed by atoms with Crippen molar-refractivity contribution in [3.8, 4) is 5.75 Å². The third-order valence-electron chi connectivity index (χ3n) is 8.72. The Bertz CT molecular complexity index is 1130. The van der Waals surface area contributed by atoms with Crippen molar-refractivity contribution in [3.63, 3.8) is 0 Å². The first-order valence-electron chi connectivity index (χ1n) is 18.8. The molecule has 1 aromatic carbocycles. The van der Waals surface area contributed by atoms with Gasteiger partial charge in [-0.1, -0.05) is 96.1 Å². The third kappa shape index (κ3) is 22.0. The zero-order valence-corrected chi connectivity index (χ0v) is 30.4. The zero-order chi connectivity index (χ0) is 37.0. The number of nitrogens with two attached hydrogens (primary N) is 4. The van der Waals surface area contributed by atoms with Gasteiger partial charge in [0.1, 0.15) is 23.9 Å². The van der Waals surface area contributed by atoms with Crippen LogP contribution in [0.3, 0.4) is 0 Å². The molecule has 0 aromatic heterocycles. The second-order valence-electron chi connectivity index (χ2n) is 13.2. The molecule has 13 nitrogen and oxygen atoms in total. The molecule has 284 valence electrons. The van der Waals surface area contributed by atoms with E-state index < -0.39 is 35.8 Å². The molecule has 0 saturated carbocycles. The third-order valence-corrected chi connectivity index (χ3v) is 8.72. The number of unbranched alkanes of at least 4 members (excludes halogenated alkanes) is 13. The number of guanidine groups is 1. The molecule has 0 unspecified atom stereocenters. The quantitative estimate of drug-likeness (QED) is 0.0334. The van der Waals surface area contributed by atoms with E-state index in [4.69, 9.17) is 22.9 Å². The molecule has 13 heteroatoms. The highest BCUT2D eigenvalue weighted by Gasteiger charge is 2.29. The summed E-state index contributed by atoms with van der Waals surface area (Å²) < 4.78 is 0. The number of nitrogens with one attached hydrogen (secondary N) is 3. The number of nitrogens with zero attached hydrogens (tertiary/aromatic N) is 1. The molecule has 1 rings (SSSR count). The maximum absolute atomic E-state index is 13.6. The van der Waals surface area contributed by atoms with E-state index in [0.717, 1.165) is 19.3 Å². The van der Waals surface area contributed by atoms with Crippen molar-refractivity contribution in [3.05, 3.63) is 29.8 Å². The average molecular weight is 703 g/mol. The van der Waals surface area contributed by atoms with Crippen molar-refractivity contribution in [2.45, 2.75) is 153 Å². The number of hydrogen-bond acceptors (Lipinski definition) is 7. The Hall–Kier alpha value is -3.87. The van der Waals surface area contributed by atoms with Crippen molar-refractivity contribution in [1.29, 1.82) is 0 Å². The molecule has 0 bridgehead atoms. The lowest BCUT2D eigenvalue weighted by molar-refractivity contribution is -0.133. The number of phenols is 1. The Morgan fingerprint density at radius 1 is 0.660 bits per heavy atom. The Labute approximate surface area is 299 Å². The SMILES string of the molecule is CCCCCCCCCCCCCCCC(=O)N[C@@H](CCCCN)C(=O)N[C@@H](Cc1ccc(O)cc1)C(=O)N[C@@H](CCCN=C(N)N)C(N)=O. The van der Waals surface area contributed by atoms with Gasteiger partial charge in [0.05, 0.1) is 0 Å². The van der Waals surface area contributed by atoms with Crippen molar-refractivity contribution >= 4 is 29.6 Å². The molecule has 0 heterocycles. The van der Waals surface area contributed by atoms with Crippen LogP contribution in [0.5, 0.6) is 5.75 Å². The predicted octanol–water partition coefficient (Wildman–Crippen LogP) is 3.54. The largest absolute Gasteiger partial charge is 0.508 e. The van der Waals surface area contributed by atoms with Crippen molar-refractivity contribution in [2.75, 3.05) is 13.1 Å². The van der Waals surface area contributed by atoms with E-state index >= 15 is 0 Å². The molecular formula is C37H66N8O5. The van der Waals surface area contributed by atoms with Crippen molar-refractivity contribution < 1.29 is 24.3 Å². The Morgan fingerprint density at radius 3 is 1.72 bits per heavy atom. The van der Waals surface area contributed by atoms with E-state index in [-0.39, 0.29) is 37.0 Å². The first kappa shape index (κ1) is 44.2. The highest BCUT2D eigenvalue weighted by molar-refractivity contribution is 5.94. The Morgan fingerprint density at radius 2 is 1.18 bits per heavy atom. The highest BCUT2D eigenvalue weighted by Crippen LogP contribution is 2.15. The van der Waals surface area contributed by atoms with Crippen LogP contribution in [-0.4, -0.2) is 65.9 Å². The number of amides is 4. The number of primary amides is 1. The number of carbonyl (C=O) groups is 4. The van der Waals surface area contributed by atoms with Crippen molar-refractivity contribution in [2.24, 2.45) is 27.9 Å². The fraction of sp³-hybridized carbons (Fsp3) is 0.703. The molecule has 0 aliphatic rings. The van der Waals surface area contributed by atoms with E-state index in [9.17, 15) is 24.3 Å². The van der Waals surface area contributed by atoms with Crippen LogP contribution < -0.4 is 38.9 Å². The van der Waals surface area contributed by atoms with Crippen LogP contribution in [-0.2, 0) is 25.6 Å². The maximum Gasteiger partial charge on any atom is 0.243 e. The van der Waals surface area contributed by atoms with Gasteiger partial charge in [-0.25, -0.2) is 0 Å². The normalized spacial score (nSPS) is 12.8. The second kappa shape index (κ2) is 27.9. The number of carbonyl (C=O) groups excluding carboxylic acids is 4. The van der Waals surface area contributed by atoms with Gasteiger partial charge in [0.2, 0.25) is 23.6 Å². The molecule has 1 aromatic rings. The van der Waals surface area contributed by atoms with Crippen LogP contribution in [0.2, 0.25) is 0 Å². The lowest BCUT2D eigenvalue weighted by atomic mass is 10.0. The molecule has 0 saturated heterocycles. The molecule has 0 aliphatic carbocycles. The van der Waals surface area contributed by atoms with Gasteiger partial charge in [0.25, 0.3) is 0 Å². The summed E-state index contributed by atoms with van der Waals surface area (Å²) in [6.07, 6.45) is 18.3. The van der Waals surface area contributed by atoms with Gasteiger partial charge < -0.3 is 44.0 Å². The molecule has 0 radical (unpaired) electrons. The van der Waals surface area contributed by atoms with Crippen LogP contribution in [0.25, 0.3) is 0 Å². The van der Waals surface area contributed by atoms with Crippen molar-refractivity contribution in [1.82, 2.24) is 16.0 Å². The van der Waals surface area contributed by atoms with E-state index in [1.165, 1.54) is 76.3 Å². The first-order valence-corrected chi connectivity index (χ1v) is 18.8. The number of rotatable bonds is 30. The summed E-state index contributed by atoms with van der Waals surface area (Å²) in [5.74, 6) is -2.11. The molecular weight excluding hydrogens is 636 g/mol. The number of benzene rings is 1. The molecule has 3 atom stereocenters. The molecule has 12 N–H and O–H groups in total. The van der Waals surface area contributed by atoms with Gasteiger partial charge in [0.15, 0.2) is 5.96 Å². The number of aliphatic imine (C=N–C) groups is 1. The van der Waals surface area contributed by atoms with E-state index in [1.54, 1.807) is 12.1 Å². The number of aromatic hydroxyl groups is 1. The predicted molar refractivity (Wildman–Crippen MR) is 200 cm³/mol. The van der Waals surface area contributed by atoms with Crippen LogP contribution in [0.1, 0.15) is 134 Å². The van der Waals surface area contributed by atoms with Gasteiger partial charge in [-0.3, -0.25) is 24.2 Å². The Balaban J connectivity index is 2.76. The summed E-state index contributed by atoms with van der Waals surface area (Å²) in [6, 6.07) is 3.26. The van der Waals surface area contributed by atoms with Crippen LogP contribution in [0.15, 0.2) is 29.3 Å². The summed E-state index contributed by atoms with van der Waals surface area (Å²) in [6.45, 7) is 2.94. The summed E-state index contributed by atoms with van der Waals surface area (Å²) in [7, 11) is 0. The average Bonchev–Trinajstić information content (AvgIpc) is 3.08. The van der Waals surface area contributed by atoms with Crippen LogP contribution >= 0.6 is 0 Å². The first-order chi connectivity index (χ1) is 24.1. The highest BCUT2D eigenvalue weighted by atomic mass is 16.3. The van der Waals surface area contributed by atoms with E-state index in [2.05, 4.69) is 27.9 Å². The molecule has 50 heavy (non-hydrogen) atoms. The summed E-state index contributed by atoms with van der Waals surface area (Å²) >= 11 is 0. The fourth-order valence-electron chi connectivity index (χ4n) is 5.74. The summed E-state index contributed by atoms with van der Waals surface area (Å²) in [4.78, 5) is 56.1. The van der Waals surface area contributed by atoms with Gasteiger partial charge in [-0.15, -0.1) is 0 Å².